The highest BCUT2D eigenvalue weighted by Crippen LogP contribution is 2.71. The maximum absolute atomic E-state index is 12.1. The number of hydrogen-bond donors (Lipinski definition) is 15. The van der Waals surface area contributed by atoms with E-state index in [1.54, 1.807) is 0 Å². The highest BCUT2D eigenvalue weighted by Gasteiger charge is 2.68. The molecule has 15 N–H and O–H groups in total. The van der Waals surface area contributed by atoms with Crippen molar-refractivity contribution in [2.24, 2.45) is 52.3 Å². The van der Waals surface area contributed by atoms with Gasteiger partial charge in [-0.15, -0.1) is 0 Å². The van der Waals surface area contributed by atoms with E-state index in [2.05, 4.69) is 20.8 Å². The number of aliphatic hydroxyl groups is 15. The van der Waals surface area contributed by atoms with E-state index in [0.29, 0.717) is 49.4 Å². The Balaban J connectivity index is 0.784. The number of fused-ring (bicyclic) bond motifs is 7. The lowest BCUT2D eigenvalue weighted by atomic mass is 9.44. The van der Waals surface area contributed by atoms with Gasteiger partial charge in [0, 0.05) is 12.3 Å². The average Bonchev–Trinajstić information content (AvgIpc) is 3.83. The maximum atomic E-state index is 12.1. The molecule has 4 saturated carbocycles. The summed E-state index contributed by atoms with van der Waals surface area (Å²) in [5.41, 5.74) is -0.0140. The number of rotatable bonds is 16. The first-order chi connectivity index (χ1) is 35.5. The first kappa shape index (κ1) is 58.7. The second-order valence-corrected chi connectivity index (χ2v) is 24.3. The largest absolute Gasteiger partial charge is 0.394 e. The van der Waals surface area contributed by atoms with Crippen molar-refractivity contribution < 1.29 is 119 Å². The van der Waals surface area contributed by atoms with Crippen LogP contribution in [0.4, 0.5) is 0 Å². The van der Waals surface area contributed by atoms with Gasteiger partial charge in [-0.3, -0.25) is 0 Å². The van der Waals surface area contributed by atoms with Crippen molar-refractivity contribution in [3.63, 3.8) is 0 Å². The molecule has 32 atom stereocenters. The maximum Gasteiger partial charge on any atom is 0.187 e. The van der Waals surface area contributed by atoms with Gasteiger partial charge in [0.2, 0.25) is 0 Å². The van der Waals surface area contributed by atoms with Crippen LogP contribution in [0.3, 0.4) is 0 Å². The smallest absolute Gasteiger partial charge is 0.187 e. The van der Waals surface area contributed by atoms with Crippen molar-refractivity contribution in [2.45, 2.75) is 233 Å². The van der Waals surface area contributed by atoms with Crippen molar-refractivity contribution in [3.05, 3.63) is 0 Å². The quantitative estimate of drug-likeness (QED) is 0.0656. The van der Waals surface area contributed by atoms with Crippen LogP contribution in [-0.4, -0.2) is 250 Å². The van der Waals surface area contributed by atoms with Crippen LogP contribution in [0.1, 0.15) is 91.9 Å². The molecule has 0 aromatic carbocycles. The Labute approximate surface area is 436 Å². The second-order valence-electron chi connectivity index (χ2n) is 24.3. The lowest BCUT2D eigenvalue weighted by Crippen LogP contribution is -2.67. The van der Waals surface area contributed by atoms with Crippen LogP contribution < -0.4 is 0 Å². The molecule has 0 radical (unpaired) electrons. The van der Waals surface area contributed by atoms with Gasteiger partial charge in [-0.25, -0.2) is 0 Å². The van der Waals surface area contributed by atoms with Gasteiger partial charge >= 0.3 is 0 Å². The summed E-state index contributed by atoms with van der Waals surface area (Å²) in [5, 5.41) is 159. The minimum Gasteiger partial charge on any atom is -0.394 e. The summed E-state index contributed by atoms with van der Waals surface area (Å²) in [4.78, 5) is 0. The molecule has 0 aromatic heterocycles. The van der Waals surface area contributed by atoms with Crippen LogP contribution in [0.2, 0.25) is 0 Å². The van der Waals surface area contributed by atoms with E-state index in [0.717, 1.165) is 38.5 Å². The van der Waals surface area contributed by atoms with Gasteiger partial charge < -0.3 is 119 Å². The minimum absolute atomic E-state index is 0.0136. The zero-order valence-corrected chi connectivity index (χ0v) is 43.2. The van der Waals surface area contributed by atoms with Gasteiger partial charge in [0.1, 0.15) is 97.7 Å². The van der Waals surface area contributed by atoms with E-state index in [4.69, 9.17) is 42.6 Å². The molecule has 5 heterocycles. The average molecular weight is 1080 g/mol. The van der Waals surface area contributed by atoms with E-state index >= 15 is 0 Å². The molecule has 5 saturated heterocycles. The molecule has 9 aliphatic rings. The molecule has 9 fully saturated rings. The van der Waals surface area contributed by atoms with E-state index in [1.165, 1.54) is 0 Å². The summed E-state index contributed by atoms with van der Waals surface area (Å²) in [6, 6.07) is 0. The van der Waals surface area contributed by atoms with E-state index < -0.39 is 155 Å². The second kappa shape index (κ2) is 23.1. The highest BCUT2D eigenvalue weighted by atomic mass is 16.8. The van der Waals surface area contributed by atoms with Crippen molar-refractivity contribution in [2.75, 3.05) is 33.0 Å². The minimum atomic E-state index is -1.92. The molecule has 24 nitrogen and oxygen atoms in total. The van der Waals surface area contributed by atoms with Gasteiger partial charge in [-0.2, -0.15) is 0 Å². The molecule has 0 spiro atoms. The zero-order valence-electron chi connectivity index (χ0n) is 43.2. The van der Waals surface area contributed by atoms with Crippen LogP contribution in [-0.2, 0) is 42.6 Å². The lowest BCUT2D eigenvalue weighted by Gasteiger charge is -2.61. The van der Waals surface area contributed by atoms with Gasteiger partial charge in [0.05, 0.1) is 45.2 Å². The van der Waals surface area contributed by atoms with Crippen molar-refractivity contribution in [1.82, 2.24) is 0 Å². The Hall–Kier alpha value is -0.960. The van der Waals surface area contributed by atoms with E-state index in [-0.39, 0.29) is 47.4 Å². The number of hydrogen-bond acceptors (Lipinski definition) is 24. The standard InChI is InChI=1S/C51H86O24/c1-20(19-67-45-40(63)36(59)33(56)28(15-52)69-45)7-12-51(66)21(2)32-27(75-51)14-26-24-6-5-22-13-23(8-10-49(22,3)25(24)9-11-50(26,32)4)68-46-42(65)39(62)43(31(18-55)72-46)73-48-44(38(61)35(58)30(17-54)71-48)74-47-41(64)37(60)34(57)29(16-53)70-47/h20-48,52-66H,5-19H2,1-4H3/t20-,21+,22+,23+,24-,25+,26+,27+,28-,29-,30-,31-,32+,33-,34+,35-,36+,37+,38+,39-,40-,41-,42-,43+,44-,45-,46-,47+,48+,49+,50+,51-/m1/s1. The van der Waals surface area contributed by atoms with Crippen LogP contribution in [0.15, 0.2) is 0 Å². The Bertz CT molecular complexity index is 1870. The third-order valence-corrected chi connectivity index (χ3v) is 20.1. The summed E-state index contributed by atoms with van der Waals surface area (Å²) in [5.74, 6) is 0.320. The van der Waals surface area contributed by atoms with Crippen LogP contribution >= 0.6 is 0 Å². The fraction of sp³-hybridized carbons (Fsp3) is 1.00. The Morgan fingerprint density at radius 3 is 1.69 bits per heavy atom. The van der Waals surface area contributed by atoms with Crippen LogP contribution in [0.25, 0.3) is 0 Å². The molecule has 0 amide bonds. The molecule has 24 heteroatoms. The van der Waals surface area contributed by atoms with Crippen molar-refractivity contribution in [1.29, 1.82) is 0 Å². The first-order valence-electron chi connectivity index (χ1n) is 27.4. The van der Waals surface area contributed by atoms with Gasteiger partial charge in [-0.05, 0) is 104 Å². The van der Waals surface area contributed by atoms with Gasteiger partial charge in [-0.1, -0.05) is 27.7 Å². The molecule has 5 aliphatic heterocycles. The Kier molecular flexibility index (Phi) is 18.1. The third kappa shape index (κ3) is 10.7. The molecular weight excluding hydrogens is 997 g/mol. The zero-order chi connectivity index (χ0) is 54.2. The SMILES string of the molecule is C[C@H](CC[C@@]1(O)O[C@H]2C[C@H]3[C@@H]4CC[C@H]5C[C@@H](O[C@@H]6O[C@H](CO)[C@H](O[C@@H]7O[C@H](CO)[C@@H](O)[C@H](O)[C@H]7O[C@@H]7O[C@H](CO)[C@H](O)[C@H](O)[C@H]7O)[C@H](O)[C@H]6O)CC[C@]5(C)[C@H]4CC[C@]3(C)[C@H]2[C@@H]1C)CO[C@@H]1O[C@H](CO)[C@@H](O)[C@H](O)[C@H]1O. The molecule has 0 bridgehead atoms. The van der Waals surface area contributed by atoms with E-state index in [1.807, 2.05) is 6.92 Å². The van der Waals surface area contributed by atoms with Crippen molar-refractivity contribution >= 4 is 0 Å². The molecule has 9 rings (SSSR count). The molecule has 0 aromatic rings. The normalized spacial score (nSPS) is 55.4. The molecular formula is C51H86O24. The van der Waals surface area contributed by atoms with Gasteiger partial charge in [0.15, 0.2) is 30.9 Å². The van der Waals surface area contributed by atoms with Crippen LogP contribution in [0.5, 0.6) is 0 Å². The molecule has 434 valence electrons. The molecule has 0 unspecified atom stereocenters. The summed E-state index contributed by atoms with van der Waals surface area (Å²) in [6.45, 7) is 6.15. The predicted molar refractivity (Wildman–Crippen MR) is 252 cm³/mol. The lowest BCUT2D eigenvalue weighted by molar-refractivity contribution is -0.390. The monoisotopic (exact) mass is 1080 g/mol. The predicted octanol–water partition coefficient (Wildman–Crippen LogP) is -3.95. The summed E-state index contributed by atoms with van der Waals surface area (Å²) < 4.78 is 53.5. The summed E-state index contributed by atoms with van der Waals surface area (Å²) in [6.07, 6.45) is -24.3. The summed E-state index contributed by atoms with van der Waals surface area (Å²) >= 11 is 0. The first-order valence-corrected chi connectivity index (χ1v) is 27.4. The summed E-state index contributed by atoms with van der Waals surface area (Å²) in [7, 11) is 0. The topological polar surface area (TPSA) is 387 Å². The molecule has 4 aliphatic carbocycles. The van der Waals surface area contributed by atoms with Crippen LogP contribution in [0, 0.1) is 52.3 Å². The molecule has 75 heavy (non-hydrogen) atoms. The third-order valence-electron chi connectivity index (χ3n) is 20.1. The van der Waals surface area contributed by atoms with Crippen molar-refractivity contribution in [3.8, 4) is 0 Å². The fourth-order valence-electron chi connectivity index (χ4n) is 15.6. The number of aliphatic hydroxyl groups excluding tert-OH is 14. The highest BCUT2D eigenvalue weighted by molar-refractivity contribution is 5.15. The Morgan fingerprint density at radius 1 is 0.533 bits per heavy atom. The van der Waals surface area contributed by atoms with E-state index in [9.17, 15) is 76.6 Å². The Morgan fingerprint density at radius 2 is 1.05 bits per heavy atom. The fourth-order valence-corrected chi connectivity index (χ4v) is 15.6. The number of ether oxygens (including phenoxy) is 9. The van der Waals surface area contributed by atoms with Gasteiger partial charge in [0.25, 0.3) is 0 Å².